The summed E-state index contributed by atoms with van der Waals surface area (Å²) < 4.78 is 0. The molecular formula is C5H5N5O2. The predicted molar refractivity (Wildman–Crippen MR) is 35.8 cm³/mol. The highest BCUT2D eigenvalue weighted by molar-refractivity contribution is 6.04. The lowest BCUT2D eigenvalue weighted by Crippen LogP contribution is -2.22. The van der Waals surface area contributed by atoms with Crippen molar-refractivity contribution in [2.24, 2.45) is 0 Å². The average Bonchev–Trinajstić information content (AvgIpc) is 2.58. The quantitative estimate of drug-likeness (QED) is 0.452. The number of hydrogen-bond donors (Lipinski definition) is 3. The maximum absolute atomic E-state index is 11.0. The van der Waals surface area contributed by atoms with E-state index in [9.17, 15) is 9.59 Å². The van der Waals surface area contributed by atoms with Crippen LogP contribution < -0.4 is 10.6 Å². The third-order valence-electron chi connectivity index (χ3n) is 1.47. The first-order valence-corrected chi connectivity index (χ1v) is 3.24. The summed E-state index contributed by atoms with van der Waals surface area (Å²) in [5.41, 5.74) is 0. The van der Waals surface area contributed by atoms with E-state index in [1.807, 2.05) is 0 Å². The lowest BCUT2D eigenvalue weighted by Gasteiger charge is -1.98. The normalized spacial score (nSPS) is 22.2. The number of carbonyl (C=O) groups is 2. The third-order valence-corrected chi connectivity index (χ3v) is 1.47. The van der Waals surface area contributed by atoms with Gasteiger partial charge in [-0.05, 0) is 0 Å². The molecule has 0 aromatic carbocycles. The van der Waals surface area contributed by atoms with E-state index in [-0.39, 0.29) is 5.82 Å². The molecule has 3 N–H and O–H groups in total. The summed E-state index contributed by atoms with van der Waals surface area (Å²) in [4.78, 5) is 25.4. The maximum atomic E-state index is 11.0. The van der Waals surface area contributed by atoms with Gasteiger partial charge in [0.15, 0.2) is 11.9 Å². The minimum absolute atomic E-state index is 0.262. The van der Waals surface area contributed by atoms with Gasteiger partial charge in [-0.25, -0.2) is 9.78 Å². The second-order valence-corrected chi connectivity index (χ2v) is 2.25. The smallest absolute Gasteiger partial charge is 0.319 e. The summed E-state index contributed by atoms with van der Waals surface area (Å²) in [7, 11) is 0. The van der Waals surface area contributed by atoms with Crippen LogP contribution in [0.25, 0.3) is 0 Å². The Balaban J connectivity index is 2.26. The van der Waals surface area contributed by atoms with Crippen LogP contribution in [0.4, 0.5) is 4.79 Å². The van der Waals surface area contributed by atoms with Crippen LogP contribution in [0, 0.1) is 0 Å². The number of carbonyl (C=O) groups excluding carboxylic acids is 2. The Labute approximate surface area is 66.6 Å². The lowest BCUT2D eigenvalue weighted by molar-refractivity contribution is -0.120. The van der Waals surface area contributed by atoms with Gasteiger partial charge >= 0.3 is 6.03 Å². The molecule has 0 radical (unpaired) electrons. The molecule has 1 fully saturated rings. The Morgan fingerprint density at radius 2 is 2.25 bits per heavy atom. The molecule has 7 heteroatoms. The van der Waals surface area contributed by atoms with Crippen LogP contribution in [0.1, 0.15) is 11.9 Å². The monoisotopic (exact) mass is 167 g/mol. The van der Waals surface area contributed by atoms with E-state index < -0.39 is 18.0 Å². The van der Waals surface area contributed by atoms with Crippen molar-refractivity contribution in [1.29, 1.82) is 0 Å². The molecule has 12 heavy (non-hydrogen) atoms. The molecule has 2 rings (SSSR count). The van der Waals surface area contributed by atoms with Crippen LogP contribution in [0.5, 0.6) is 0 Å². The Kier molecular flexibility index (Phi) is 1.29. The molecule has 1 unspecified atom stereocenters. The highest BCUT2D eigenvalue weighted by atomic mass is 16.2. The molecule has 3 amide bonds. The van der Waals surface area contributed by atoms with E-state index >= 15 is 0 Å². The fraction of sp³-hybridized carbons (Fsp3) is 0.200. The number of aromatic amines is 1. The van der Waals surface area contributed by atoms with E-state index in [4.69, 9.17) is 0 Å². The Bertz CT molecular complexity index is 319. The molecule has 0 spiro atoms. The van der Waals surface area contributed by atoms with E-state index in [0.717, 1.165) is 0 Å². The molecular weight excluding hydrogens is 162 g/mol. The van der Waals surface area contributed by atoms with Crippen molar-refractivity contribution in [1.82, 2.24) is 25.8 Å². The van der Waals surface area contributed by atoms with Gasteiger partial charge < -0.3 is 5.32 Å². The zero-order chi connectivity index (χ0) is 8.55. The van der Waals surface area contributed by atoms with E-state index in [2.05, 4.69) is 25.8 Å². The molecule has 1 aliphatic rings. The van der Waals surface area contributed by atoms with Gasteiger partial charge in [-0.15, -0.1) is 0 Å². The summed E-state index contributed by atoms with van der Waals surface area (Å²) in [5.74, 6) is -0.169. The molecule has 1 aliphatic heterocycles. The molecule has 0 bridgehead atoms. The number of urea groups is 1. The van der Waals surface area contributed by atoms with Gasteiger partial charge in [-0.3, -0.25) is 15.2 Å². The average molecular weight is 167 g/mol. The van der Waals surface area contributed by atoms with Crippen molar-refractivity contribution in [3.05, 3.63) is 12.2 Å². The molecule has 1 saturated heterocycles. The minimum Gasteiger partial charge on any atom is -0.319 e. The van der Waals surface area contributed by atoms with Gasteiger partial charge in [-0.1, -0.05) is 0 Å². The van der Waals surface area contributed by atoms with Crippen molar-refractivity contribution in [3.8, 4) is 0 Å². The van der Waals surface area contributed by atoms with Gasteiger partial charge in [0.25, 0.3) is 5.91 Å². The number of aromatic nitrogens is 3. The summed E-state index contributed by atoms with van der Waals surface area (Å²) >= 11 is 0. The molecule has 1 atom stereocenters. The number of amides is 3. The second-order valence-electron chi connectivity index (χ2n) is 2.25. The van der Waals surface area contributed by atoms with Crippen LogP contribution in [-0.4, -0.2) is 27.1 Å². The van der Waals surface area contributed by atoms with Crippen molar-refractivity contribution in [2.75, 3.05) is 0 Å². The molecule has 1 aromatic heterocycles. The lowest BCUT2D eigenvalue weighted by atomic mass is 10.3. The van der Waals surface area contributed by atoms with Crippen LogP contribution in [0.3, 0.4) is 0 Å². The highest BCUT2D eigenvalue weighted by Crippen LogP contribution is 2.09. The fourth-order valence-electron chi connectivity index (χ4n) is 0.957. The maximum Gasteiger partial charge on any atom is 0.322 e. The van der Waals surface area contributed by atoms with Crippen molar-refractivity contribution in [3.63, 3.8) is 0 Å². The number of imide groups is 1. The first kappa shape index (κ1) is 6.77. The summed E-state index contributed by atoms with van der Waals surface area (Å²) in [6.45, 7) is 0. The topological polar surface area (TPSA) is 99.8 Å². The molecule has 7 nitrogen and oxygen atoms in total. The van der Waals surface area contributed by atoms with Crippen LogP contribution >= 0.6 is 0 Å². The largest absolute Gasteiger partial charge is 0.322 e. The van der Waals surface area contributed by atoms with Gasteiger partial charge in [0.2, 0.25) is 0 Å². The standard InChI is InChI=1S/C5H5N5O2/c11-4-2(8-5(12)9-4)3-6-1-7-10-3/h1-2H,(H,6,7,10)(H2,8,9,11,12). The van der Waals surface area contributed by atoms with Gasteiger partial charge in [0.1, 0.15) is 6.33 Å². The number of hydrogen-bond acceptors (Lipinski definition) is 4. The molecule has 2 heterocycles. The first-order chi connectivity index (χ1) is 5.77. The van der Waals surface area contributed by atoms with Crippen LogP contribution in [0.2, 0.25) is 0 Å². The fourth-order valence-corrected chi connectivity index (χ4v) is 0.957. The third kappa shape index (κ3) is 0.911. The molecule has 62 valence electrons. The van der Waals surface area contributed by atoms with Gasteiger partial charge in [0.05, 0.1) is 0 Å². The minimum atomic E-state index is -0.760. The van der Waals surface area contributed by atoms with Gasteiger partial charge in [0, 0.05) is 0 Å². The van der Waals surface area contributed by atoms with Crippen molar-refractivity contribution >= 4 is 11.9 Å². The summed E-state index contributed by atoms with van der Waals surface area (Å²) in [5, 5.41) is 10.6. The zero-order valence-electron chi connectivity index (χ0n) is 5.87. The highest BCUT2D eigenvalue weighted by Gasteiger charge is 2.33. The first-order valence-electron chi connectivity index (χ1n) is 3.24. The van der Waals surface area contributed by atoms with Crippen LogP contribution in [-0.2, 0) is 4.79 Å². The van der Waals surface area contributed by atoms with E-state index in [1.54, 1.807) is 0 Å². The molecule has 0 saturated carbocycles. The number of H-pyrrole nitrogens is 1. The number of nitrogens with one attached hydrogen (secondary N) is 3. The van der Waals surface area contributed by atoms with Crippen molar-refractivity contribution in [2.45, 2.75) is 6.04 Å². The Morgan fingerprint density at radius 1 is 1.42 bits per heavy atom. The Morgan fingerprint density at radius 3 is 2.75 bits per heavy atom. The Hall–Kier alpha value is -1.92. The van der Waals surface area contributed by atoms with E-state index in [1.165, 1.54) is 6.33 Å². The van der Waals surface area contributed by atoms with Gasteiger partial charge in [-0.2, -0.15) is 5.10 Å². The van der Waals surface area contributed by atoms with E-state index in [0.29, 0.717) is 0 Å². The summed E-state index contributed by atoms with van der Waals surface area (Å²) in [6.07, 6.45) is 1.34. The SMILES string of the molecule is O=C1NC(=O)C(c2nc[nH]n2)N1. The van der Waals surface area contributed by atoms with Crippen molar-refractivity contribution < 1.29 is 9.59 Å². The molecule has 0 aliphatic carbocycles. The van der Waals surface area contributed by atoms with Crippen LogP contribution in [0.15, 0.2) is 6.33 Å². The zero-order valence-corrected chi connectivity index (χ0v) is 5.87. The summed E-state index contributed by atoms with van der Waals surface area (Å²) in [6, 6.07) is -1.28. The second kappa shape index (κ2) is 2.29. The number of nitrogens with zero attached hydrogens (tertiary/aromatic N) is 2. The predicted octanol–water partition coefficient (Wildman–Crippen LogP) is -1.31. The molecule has 1 aromatic rings. The number of rotatable bonds is 1.